The van der Waals surface area contributed by atoms with Crippen LogP contribution in [0.2, 0.25) is 0 Å². The van der Waals surface area contributed by atoms with E-state index in [2.05, 4.69) is 10.3 Å². The summed E-state index contributed by atoms with van der Waals surface area (Å²) in [6.07, 6.45) is 4.65. The summed E-state index contributed by atoms with van der Waals surface area (Å²) in [4.78, 5) is 27.2. The molecule has 6 nitrogen and oxygen atoms in total. The first kappa shape index (κ1) is 13.1. The number of carbonyl (C=O) groups excluding carboxylic acids is 2. The Balaban J connectivity index is 2.00. The predicted octanol–water partition coefficient (Wildman–Crippen LogP) is 0.891. The molecule has 0 bridgehead atoms. The van der Waals surface area contributed by atoms with Crippen LogP contribution in [-0.4, -0.2) is 22.7 Å². The molecule has 0 spiro atoms. The Morgan fingerprint density at radius 3 is 2.58 bits per heavy atom. The fourth-order valence-electron chi connectivity index (χ4n) is 1.55. The lowest BCUT2D eigenvalue weighted by atomic mass is 10.2. The number of carbonyl (C=O) groups is 2. The van der Waals surface area contributed by atoms with Crippen molar-refractivity contribution in [2.45, 2.75) is 26.2 Å². The van der Waals surface area contributed by atoms with E-state index in [1.54, 1.807) is 18.5 Å². The first-order valence-electron chi connectivity index (χ1n) is 5.77. The second-order valence-electron chi connectivity index (χ2n) is 4.48. The molecule has 0 unspecified atom stereocenters. The lowest BCUT2D eigenvalue weighted by molar-refractivity contribution is -0.222. The average Bonchev–Trinajstić information content (AvgIpc) is 2.32. The van der Waals surface area contributed by atoms with Crippen molar-refractivity contribution in [3.8, 4) is 0 Å². The van der Waals surface area contributed by atoms with Crippen LogP contribution in [0.5, 0.6) is 0 Å². The summed E-state index contributed by atoms with van der Waals surface area (Å²) in [6, 6.07) is 3.68. The number of hydrogen-bond donors (Lipinski definition) is 1. The average molecular weight is 262 g/mol. The van der Waals surface area contributed by atoms with E-state index in [-0.39, 0.29) is 5.57 Å². The summed E-state index contributed by atoms with van der Waals surface area (Å²) in [6.45, 7) is 3.45. The van der Waals surface area contributed by atoms with Crippen LogP contribution < -0.4 is 5.32 Å². The number of aromatic nitrogens is 1. The molecule has 1 saturated heterocycles. The molecule has 1 aromatic heterocycles. The fraction of sp³-hybridized carbons (Fsp3) is 0.308. The van der Waals surface area contributed by atoms with Crippen LogP contribution >= 0.6 is 0 Å². The predicted molar refractivity (Wildman–Crippen MR) is 65.4 cm³/mol. The number of ether oxygens (including phenoxy) is 2. The highest BCUT2D eigenvalue weighted by molar-refractivity contribution is 6.15. The van der Waals surface area contributed by atoms with E-state index in [4.69, 9.17) is 9.47 Å². The van der Waals surface area contributed by atoms with Crippen LogP contribution in [0.25, 0.3) is 0 Å². The molecule has 0 aromatic carbocycles. The molecule has 1 aromatic rings. The number of rotatable bonds is 3. The van der Waals surface area contributed by atoms with Gasteiger partial charge in [-0.25, -0.2) is 9.59 Å². The van der Waals surface area contributed by atoms with Crippen molar-refractivity contribution in [2.75, 3.05) is 0 Å². The number of hydrogen-bond acceptors (Lipinski definition) is 6. The number of pyridine rings is 1. The van der Waals surface area contributed by atoms with E-state index in [1.807, 2.05) is 6.07 Å². The SMILES string of the molecule is CC1(C)OC(=O)C(=CNCc2cccnc2)C(=O)O1. The summed E-state index contributed by atoms with van der Waals surface area (Å²) >= 11 is 0. The molecule has 100 valence electrons. The molecule has 19 heavy (non-hydrogen) atoms. The third-order valence-corrected chi connectivity index (χ3v) is 2.39. The Bertz CT molecular complexity index is 501. The summed E-state index contributed by atoms with van der Waals surface area (Å²) in [5.41, 5.74) is 0.778. The third-order valence-electron chi connectivity index (χ3n) is 2.39. The van der Waals surface area contributed by atoms with Crippen LogP contribution in [0.15, 0.2) is 36.3 Å². The second kappa shape index (κ2) is 5.09. The third kappa shape index (κ3) is 3.31. The van der Waals surface area contributed by atoms with Gasteiger partial charge in [0.15, 0.2) is 5.57 Å². The van der Waals surface area contributed by atoms with E-state index >= 15 is 0 Å². The maximum absolute atomic E-state index is 11.6. The maximum Gasteiger partial charge on any atom is 0.350 e. The molecule has 0 radical (unpaired) electrons. The van der Waals surface area contributed by atoms with E-state index in [1.165, 1.54) is 20.0 Å². The molecule has 1 aliphatic heterocycles. The summed E-state index contributed by atoms with van der Waals surface area (Å²) in [5.74, 6) is -2.60. The highest BCUT2D eigenvalue weighted by atomic mass is 16.7. The van der Waals surface area contributed by atoms with Gasteiger partial charge < -0.3 is 14.8 Å². The fourth-order valence-corrected chi connectivity index (χ4v) is 1.55. The number of nitrogens with one attached hydrogen (secondary N) is 1. The first-order valence-corrected chi connectivity index (χ1v) is 5.77. The zero-order valence-corrected chi connectivity index (χ0v) is 10.7. The topological polar surface area (TPSA) is 77.5 Å². The molecule has 0 atom stereocenters. The zero-order valence-electron chi connectivity index (χ0n) is 10.7. The van der Waals surface area contributed by atoms with Crippen LogP contribution in [0.4, 0.5) is 0 Å². The second-order valence-corrected chi connectivity index (χ2v) is 4.48. The summed E-state index contributed by atoms with van der Waals surface area (Å²) in [7, 11) is 0. The molecule has 0 saturated carbocycles. The van der Waals surface area contributed by atoms with Crippen LogP contribution in [0.1, 0.15) is 19.4 Å². The van der Waals surface area contributed by atoms with Crippen molar-refractivity contribution in [1.29, 1.82) is 0 Å². The van der Waals surface area contributed by atoms with Gasteiger partial charge in [-0.2, -0.15) is 0 Å². The highest BCUT2D eigenvalue weighted by Gasteiger charge is 2.38. The first-order chi connectivity index (χ1) is 8.98. The van der Waals surface area contributed by atoms with Gasteiger partial charge in [-0.3, -0.25) is 4.98 Å². The van der Waals surface area contributed by atoms with Crippen LogP contribution in [0, 0.1) is 0 Å². The molecular weight excluding hydrogens is 248 g/mol. The highest BCUT2D eigenvalue weighted by Crippen LogP contribution is 2.21. The lowest BCUT2D eigenvalue weighted by Crippen LogP contribution is -2.42. The molecule has 1 fully saturated rings. The van der Waals surface area contributed by atoms with Crippen molar-refractivity contribution >= 4 is 11.9 Å². The van der Waals surface area contributed by atoms with Crippen molar-refractivity contribution in [2.24, 2.45) is 0 Å². The molecule has 6 heteroatoms. The van der Waals surface area contributed by atoms with Gasteiger partial charge in [0.1, 0.15) is 0 Å². The Morgan fingerprint density at radius 2 is 2.00 bits per heavy atom. The Kier molecular flexibility index (Phi) is 3.50. The van der Waals surface area contributed by atoms with E-state index in [0.29, 0.717) is 6.54 Å². The minimum absolute atomic E-state index is 0.150. The van der Waals surface area contributed by atoms with Gasteiger partial charge in [0.2, 0.25) is 0 Å². The van der Waals surface area contributed by atoms with Crippen LogP contribution in [-0.2, 0) is 25.6 Å². The minimum atomic E-state index is -1.21. The van der Waals surface area contributed by atoms with E-state index in [9.17, 15) is 9.59 Å². The molecule has 1 N–H and O–H groups in total. The smallest absolute Gasteiger partial charge is 0.350 e. The number of esters is 2. The molecule has 2 rings (SSSR count). The van der Waals surface area contributed by atoms with Gasteiger partial charge in [0.25, 0.3) is 5.79 Å². The van der Waals surface area contributed by atoms with Crippen molar-refractivity contribution in [3.63, 3.8) is 0 Å². The van der Waals surface area contributed by atoms with Crippen molar-refractivity contribution < 1.29 is 19.1 Å². The quantitative estimate of drug-likeness (QED) is 0.495. The summed E-state index contributed by atoms with van der Waals surface area (Å²) < 4.78 is 9.91. The molecule has 2 heterocycles. The van der Waals surface area contributed by atoms with Gasteiger partial charge in [-0.15, -0.1) is 0 Å². The Labute approximate surface area is 110 Å². The number of cyclic esters (lactones) is 2. The van der Waals surface area contributed by atoms with Crippen molar-refractivity contribution in [1.82, 2.24) is 10.3 Å². The molecule has 0 amide bonds. The van der Waals surface area contributed by atoms with Gasteiger partial charge in [0, 0.05) is 39.0 Å². The Hall–Kier alpha value is -2.37. The maximum atomic E-state index is 11.6. The van der Waals surface area contributed by atoms with Crippen molar-refractivity contribution in [3.05, 3.63) is 41.9 Å². The molecule has 1 aliphatic rings. The van der Waals surface area contributed by atoms with Gasteiger partial charge in [-0.1, -0.05) is 6.07 Å². The van der Waals surface area contributed by atoms with E-state index < -0.39 is 17.7 Å². The number of nitrogens with zero attached hydrogens (tertiary/aromatic N) is 1. The molecule has 0 aliphatic carbocycles. The molecular formula is C13H14N2O4. The monoisotopic (exact) mass is 262 g/mol. The Morgan fingerprint density at radius 1 is 1.32 bits per heavy atom. The van der Waals surface area contributed by atoms with Gasteiger partial charge >= 0.3 is 11.9 Å². The summed E-state index contributed by atoms with van der Waals surface area (Å²) in [5, 5.41) is 2.86. The van der Waals surface area contributed by atoms with Gasteiger partial charge in [0.05, 0.1) is 0 Å². The normalized spacial score (nSPS) is 17.5. The largest absolute Gasteiger partial charge is 0.419 e. The standard InChI is InChI=1S/C13H14N2O4/c1-13(2)18-11(16)10(12(17)19-13)8-15-7-9-4-3-5-14-6-9/h3-6,8,15H,7H2,1-2H3. The van der Waals surface area contributed by atoms with Gasteiger partial charge in [-0.05, 0) is 11.6 Å². The zero-order chi connectivity index (χ0) is 13.9. The van der Waals surface area contributed by atoms with Crippen LogP contribution in [0.3, 0.4) is 0 Å². The lowest BCUT2D eigenvalue weighted by Gasteiger charge is -2.29. The van der Waals surface area contributed by atoms with E-state index in [0.717, 1.165) is 5.56 Å². The minimum Gasteiger partial charge on any atom is -0.419 e.